The number of rotatable bonds is 11. The lowest BCUT2D eigenvalue weighted by Gasteiger charge is -2.35. The summed E-state index contributed by atoms with van der Waals surface area (Å²) in [5, 5.41) is 3.10. The molecule has 0 aromatic heterocycles. The standard InChI is InChI=1S/C35H46N4O4S/c1-26-22-27(2)34(28(3)23-26)44(41,42)37-31-10-11-33(39-16-12-30(13-17-39)24-29-8-5-4-6-9-29)32(25-31)35(40)36-14-7-15-38-18-20-43-21-19-38/h4-6,8-11,22-23,25,30,37H,7,12-21,24H2,1-3H3,(H,36,40). The molecule has 3 aromatic carbocycles. The third kappa shape index (κ3) is 8.20. The van der Waals surface area contributed by atoms with Crippen LogP contribution >= 0.6 is 0 Å². The van der Waals surface area contributed by atoms with Crippen LogP contribution in [-0.2, 0) is 21.2 Å². The summed E-state index contributed by atoms with van der Waals surface area (Å²) in [6.45, 7) is 12.1. The van der Waals surface area contributed by atoms with Gasteiger partial charge in [0.2, 0.25) is 0 Å². The highest BCUT2D eigenvalue weighted by atomic mass is 32.2. The minimum atomic E-state index is -3.85. The average molecular weight is 619 g/mol. The van der Waals surface area contributed by atoms with Crippen LogP contribution in [0.15, 0.2) is 65.6 Å². The Hall–Kier alpha value is -3.40. The Labute approximate surface area is 262 Å². The van der Waals surface area contributed by atoms with Gasteiger partial charge in [-0.15, -0.1) is 0 Å². The van der Waals surface area contributed by atoms with E-state index in [-0.39, 0.29) is 10.8 Å². The SMILES string of the molecule is Cc1cc(C)c(S(=O)(=O)Nc2ccc(N3CCC(Cc4ccccc4)CC3)c(C(=O)NCCCN3CCOCC3)c2)c(C)c1. The monoisotopic (exact) mass is 618 g/mol. The van der Waals surface area contributed by atoms with Gasteiger partial charge in [0.05, 0.1) is 23.7 Å². The molecule has 0 atom stereocenters. The second kappa shape index (κ2) is 14.6. The number of hydrogen-bond acceptors (Lipinski definition) is 6. The Balaban J connectivity index is 1.32. The lowest BCUT2D eigenvalue weighted by Crippen LogP contribution is -2.38. The number of morpholine rings is 1. The highest BCUT2D eigenvalue weighted by Gasteiger charge is 2.25. The first-order valence-corrected chi connectivity index (χ1v) is 17.3. The minimum Gasteiger partial charge on any atom is -0.379 e. The van der Waals surface area contributed by atoms with Crippen LogP contribution in [0, 0.1) is 26.7 Å². The van der Waals surface area contributed by atoms with Crippen molar-refractivity contribution in [3.63, 3.8) is 0 Å². The number of nitrogens with zero attached hydrogens (tertiary/aromatic N) is 2. The van der Waals surface area contributed by atoms with E-state index in [1.165, 1.54) is 5.56 Å². The van der Waals surface area contributed by atoms with Crippen LogP contribution in [0.1, 0.15) is 51.9 Å². The largest absolute Gasteiger partial charge is 0.379 e. The number of piperidine rings is 1. The van der Waals surface area contributed by atoms with Gasteiger partial charge in [-0.3, -0.25) is 14.4 Å². The van der Waals surface area contributed by atoms with E-state index in [1.807, 2.05) is 45.0 Å². The van der Waals surface area contributed by atoms with Gasteiger partial charge >= 0.3 is 0 Å². The minimum absolute atomic E-state index is 0.183. The summed E-state index contributed by atoms with van der Waals surface area (Å²) in [6.07, 6.45) is 3.97. The van der Waals surface area contributed by atoms with E-state index in [1.54, 1.807) is 12.1 Å². The molecular weight excluding hydrogens is 572 g/mol. The number of amides is 1. The number of hydrogen-bond donors (Lipinski definition) is 2. The van der Waals surface area contributed by atoms with E-state index < -0.39 is 10.0 Å². The van der Waals surface area contributed by atoms with Crippen molar-refractivity contribution in [2.75, 3.05) is 62.1 Å². The summed E-state index contributed by atoms with van der Waals surface area (Å²) in [6, 6.07) is 19.7. The van der Waals surface area contributed by atoms with Gasteiger partial charge in [0.25, 0.3) is 15.9 Å². The molecule has 2 aliphatic heterocycles. The first kappa shape index (κ1) is 32.0. The molecule has 0 unspecified atom stereocenters. The fourth-order valence-electron chi connectivity index (χ4n) is 6.60. The van der Waals surface area contributed by atoms with E-state index in [4.69, 9.17) is 4.74 Å². The van der Waals surface area contributed by atoms with Gasteiger partial charge in [-0.05, 0) is 93.8 Å². The van der Waals surface area contributed by atoms with Crippen LogP contribution in [0.3, 0.4) is 0 Å². The van der Waals surface area contributed by atoms with Crippen molar-refractivity contribution in [1.29, 1.82) is 0 Å². The molecule has 2 saturated heterocycles. The molecule has 2 fully saturated rings. The van der Waals surface area contributed by atoms with Crippen LogP contribution < -0.4 is 14.9 Å². The van der Waals surface area contributed by atoms with Gasteiger partial charge < -0.3 is 15.0 Å². The summed E-state index contributed by atoms with van der Waals surface area (Å²) in [5.41, 5.74) is 5.49. The van der Waals surface area contributed by atoms with E-state index in [0.717, 1.165) is 82.9 Å². The normalized spacial score (nSPS) is 16.6. The van der Waals surface area contributed by atoms with E-state index >= 15 is 0 Å². The predicted octanol–water partition coefficient (Wildman–Crippen LogP) is 5.32. The number of carbonyl (C=O) groups is 1. The second-order valence-corrected chi connectivity index (χ2v) is 13.9. The molecule has 0 aliphatic carbocycles. The smallest absolute Gasteiger partial charge is 0.262 e. The maximum atomic E-state index is 13.6. The van der Waals surface area contributed by atoms with Crippen molar-refractivity contribution >= 4 is 27.3 Å². The molecule has 5 rings (SSSR count). The van der Waals surface area contributed by atoms with Gasteiger partial charge in [-0.25, -0.2) is 8.42 Å². The molecular formula is C35H46N4O4S. The van der Waals surface area contributed by atoms with Gasteiger partial charge in [-0.1, -0.05) is 48.0 Å². The molecule has 1 amide bonds. The van der Waals surface area contributed by atoms with Crippen molar-refractivity contribution in [3.8, 4) is 0 Å². The molecule has 2 N–H and O–H groups in total. The third-order valence-electron chi connectivity index (χ3n) is 8.73. The molecule has 0 bridgehead atoms. The first-order valence-electron chi connectivity index (χ1n) is 15.8. The zero-order chi connectivity index (χ0) is 31.1. The fraction of sp³-hybridized carbons (Fsp3) is 0.457. The maximum Gasteiger partial charge on any atom is 0.262 e. The third-order valence-corrected chi connectivity index (χ3v) is 10.4. The number of benzene rings is 3. The maximum absolute atomic E-state index is 13.6. The molecule has 2 aliphatic rings. The van der Waals surface area contributed by atoms with Gasteiger partial charge in [0, 0.05) is 44.1 Å². The molecule has 2 heterocycles. The molecule has 3 aromatic rings. The Bertz CT molecular complexity index is 1510. The Kier molecular flexibility index (Phi) is 10.6. The van der Waals surface area contributed by atoms with Crippen molar-refractivity contribution in [2.45, 2.75) is 51.3 Å². The summed E-state index contributed by atoms with van der Waals surface area (Å²) in [7, 11) is -3.85. The summed E-state index contributed by atoms with van der Waals surface area (Å²) in [4.78, 5) is 18.6. The van der Waals surface area contributed by atoms with Crippen LogP contribution in [0.5, 0.6) is 0 Å². The summed E-state index contributed by atoms with van der Waals surface area (Å²) >= 11 is 0. The van der Waals surface area contributed by atoms with Crippen molar-refractivity contribution in [2.24, 2.45) is 5.92 Å². The topological polar surface area (TPSA) is 91.0 Å². The molecule has 9 heteroatoms. The highest BCUT2D eigenvalue weighted by Crippen LogP contribution is 2.31. The number of sulfonamides is 1. The Morgan fingerprint density at radius 3 is 2.27 bits per heavy atom. The van der Waals surface area contributed by atoms with Crippen molar-refractivity contribution in [1.82, 2.24) is 10.2 Å². The van der Waals surface area contributed by atoms with Gasteiger partial charge in [-0.2, -0.15) is 0 Å². The number of aryl methyl sites for hydroxylation is 3. The van der Waals surface area contributed by atoms with Crippen LogP contribution in [-0.4, -0.2) is 71.7 Å². The van der Waals surface area contributed by atoms with E-state index in [9.17, 15) is 13.2 Å². The lowest BCUT2D eigenvalue weighted by atomic mass is 9.89. The van der Waals surface area contributed by atoms with Crippen LogP contribution in [0.25, 0.3) is 0 Å². The zero-order valence-corrected chi connectivity index (χ0v) is 27.1. The molecule has 236 valence electrons. The quantitative estimate of drug-likeness (QED) is 0.283. The van der Waals surface area contributed by atoms with Crippen LogP contribution in [0.4, 0.5) is 11.4 Å². The van der Waals surface area contributed by atoms with Gasteiger partial charge in [0.15, 0.2) is 0 Å². The highest BCUT2D eigenvalue weighted by molar-refractivity contribution is 7.92. The number of nitrogens with one attached hydrogen (secondary N) is 2. The lowest BCUT2D eigenvalue weighted by molar-refractivity contribution is 0.0374. The van der Waals surface area contributed by atoms with Crippen molar-refractivity contribution in [3.05, 3.63) is 88.5 Å². The van der Waals surface area contributed by atoms with E-state index in [2.05, 4.69) is 44.1 Å². The van der Waals surface area contributed by atoms with E-state index in [0.29, 0.717) is 34.8 Å². The second-order valence-electron chi connectivity index (χ2n) is 12.2. The number of anilines is 2. The molecule has 8 nitrogen and oxygen atoms in total. The summed E-state index contributed by atoms with van der Waals surface area (Å²) < 4.78 is 35.3. The molecule has 0 spiro atoms. The number of carbonyl (C=O) groups excluding carboxylic acids is 1. The zero-order valence-electron chi connectivity index (χ0n) is 26.3. The molecule has 44 heavy (non-hydrogen) atoms. The molecule has 0 radical (unpaired) electrons. The Morgan fingerprint density at radius 1 is 0.909 bits per heavy atom. The Morgan fingerprint density at radius 2 is 1.59 bits per heavy atom. The van der Waals surface area contributed by atoms with Gasteiger partial charge in [0.1, 0.15) is 0 Å². The van der Waals surface area contributed by atoms with Crippen LogP contribution in [0.2, 0.25) is 0 Å². The molecule has 0 saturated carbocycles. The number of ether oxygens (including phenoxy) is 1. The fourth-order valence-corrected chi connectivity index (χ4v) is 8.11. The first-order chi connectivity index (χ1) is 21.2. The summed E-state index contributed by atoms with van der Waals surface area (Å²) in [5.74, 6) is 0.412. The average Bonchev–Trinajstić information content (AvgIpc) is 3.00. The predicted molar refractivity (Wildman–Crippen MR) is 177 cm³/mol. The van der Waals surface area contributed by atoms with Crippen molar-refractivity contribution < 1.29 is 17.9 Å².